The third kappa shape index (κ3) is 3.76. The molecule has 3 rings (SSSR count). The van der Waals surface area contributed by atoms with E-state index in [0.717, 1.165) is 44.8 Å². The molecular weight excluding hydrogens is 264 g/mol. The molecule has 1 saturated heterocycles. The molecule has 116 valence electrons. The Kier molecular flexibility index (Phi) is 4.78. The molecule has 1 aliphatic heterocycles. The van der Waals surface area contributed by atoms with Gasteiger partial charge in [-0.1, -0.05) is 12.1 Å². The molecule has 4 nitrogen and oxygen atoms in total. The first-order valence-corrected chi connectivity index (χ1v) is 8.05. The highest BCUT2D eigenvalue weighted by molar-refractivity contribution is 5.43. The van der Waals surface area contributed by atoms with Crippen molar-refractivity contribution < 1.29 is 9.84 Å². The summed E-state index contributed by atoms with van der Waals surface area (Å²) >= 11 is 0. The van der Waals surface area contributed by atoms with Gasteiger partial charge in [0.05, 0.1) is 0 Å². The van der Waals surface area contributed by atoms with Gasteiger partial charge in [-0.2, -0.15) is 0 Å². The number of piperazine rings is 1. The molecule has 1 heterocycles. The van der Waals surface area contributed by atoms with E-state index in [0.29, 0.717) is 13.2 Å². The van der Waals surface area contributed by atoms with Crippen LogP contribution < -0.4 is 4.74 Å². The lowest BCUT2D eigenvalue weighted by atomic mass is 10.1. The number of benzene rings is 1. The predicted molar refractivity (Wildman–Crippen MR) is 83.9 cm³/mol. The van der Waals surface area contributed by atoms with Crippen LogP contribution in [-0.2, 0) is 12.8 Å². The normalized spacial score (nSPS) is 21.2. The molecule has 21 heavy (non-hydrogen) atoms. The van der Waals surface area contributed by atoms with Gasteiger partial charge in [0.25, 0.3) is 0 Å². The lowest BCUT2D eigenvalue weighted by Gasteiger charge is -2.33. The fourth-order valence-electron chi connectivity index (χ4n) is 3.29. The SMILES string of the molecule is CN1CCN(CC(O)COc2cccc3c2CCC3)CC1. The number of hydrogen-bond acceptors (Lipinski definition) is 4. The van der Waals surface area contributed by atoms with Crippen molar-refractivity contribution in [1.29, 1.82) is 0 Å². The fourth-order valence-corrected chi connectivity index (χ4v) is 3.29. The van der Waals surface area contributed by atoms with Gasteiger partial charge in [0.2, 0.25) is 0 Å². The van der Waals surface area contributed by atoms with Crippen LogP contribution in [0.15, 0.2) is 18.2 Å². The molecule has 0 radical (unpaired) electrons. The van der Waals surface area contributed by atoms with Gasteiger partial charge in [0.15, 0.2) is 0 Å². The number of likely N-dealkylation sites (N-methyl/N-ethyl adjacent to an activating group) is 1. The molecule has 1 fully saturated rings. The van der Waals surface area contributed by atoms with Gasteiger partial charge in [-0.25, -0.2) is 0 Å². The summed E-state index contributed by atoms with van der Waals surface area (Å²) in [5.41, 5.74) is 2.77. The summed E-state index contributed by atoms with van der Waals surface area (Å²) in [6.07, 6.45) is 3.08. The maximum absolute atomic E-state index is 10.2. The van der Waals surface area contributed by atoms with Gasteiger partial charge >= 0.3 is 0 Å². The molecule has 1 aliphatic carbocycles. The summed E-state index contributed by atoms with van der Waals surface area (Å²) < 4.78 is 5.89. The topological polar surface area (TPSA) is 35.9 Å². The summed E-state index contributed by atoms with van der Waals surface area (Å²) in [6.45, 7) is 5.34. The Bertz CT molecular complexity index is 470. The second-order valence-corrected chi connectivity index (χ2v) is 6.32. The van der Waals surface area contributed by atoms with E-state index in [1.54, 1.807) is 0 Å². The predicted octanol–water partition coefficient (Wildman–Crippen LogP) is 1.16. The molecule has 0 amide bonds. The Labute approximate surface area is 127 Å². The molecule has 2 aliphatic rings. The number of nitrogens with zero attached hydrogens (tertiary/aromatic N) is 2. The van der Waals surface area contributed by atoms with Crippen molar-refractivity contribution in [2.45, 2.75) is 25.4 Å². The summed E-state index contributed by atoms with van der Waals surface area (Å²) in [5.74, 6) is 0.974. The summed E-state index contributed by atoms with van der Waals surface area (Å²) in [5, 5.41) is 10.2. The number of ether oxygens (including phenoxy) is 1. The Balaban J connectivity index is 1.48. The van der Waals surface area contributed by atoms with Crippen LogP contribution in [0.4, 0.5) is 0 Å². The lowest BCUT2D eigenvalue weighted by molar-refractivity contribution is 0.0502. The van der Waals surface area contributed by atoms with Crippen molar-refractivity contribution in [3.8, 4) is 5.75 Å². The third-order valence-corrected chi connectivity index (χ3v) is 4.60. The molecular formula is C17H26N2O2. The molecule has 0 saturated carbocycles. The van der Waals surface area contributed by atoms with Gasteiger partial charge in [0.1, 0.15) is 18.5 Å². The average molecular weight is 290 g/mol. The van der Waals surface area contributed by atoms with Crippen LogP contribution in [0, 0.1) is 0 Å². The van der Waals surface area contributed by atoms with Crippen molar-refractivity contribution in [3.05, 3.63) is 29.3 Å². The van der Waals surface area contributed by atoms with Gasteiger partial charge in [0, 0.05) is 32.7 Å². The van der Waals surface area contributed by atoms with E-state index < -0.39 is 6.10 Å². The van der Waals surface area contributed by atoms with Crippen LogP contribution in [0.3, 0.4) is 0 Å². The second kappa shape index (κ2) is 6.77. The summed E-state index contributed by atoms with van der Waals surface area (Å²) in [6, 6.07) is 6.29. The zero-order valence-electron chi connectivity index (χ0n) is 12.9. The number of aliphatic hydroxyl groups is 1. The quantitative estimate of drug-likeness (QED) is 0.883. The Hall–Kier alpha value is -1.10. The summed E-state index contributed by atoms with van der Waals surface area (Å²) in [4.78, 5) is 4.65. The highest BCUT2D eigenvalue weighted by Gasteiger charge is 2.19. The highest BCUT2D eigenvalue weighted by Crippen LogP contribution is 2.30. The van der Waals surface area contributed by atoms with Crippen molar-refractivity contribution >= 4 is 0 Å². The van der Waals surface area contributed by atoms with Crippen LogP contribution in [0.25, 0.3) is 0 Å². The van der Waals surface area contributed by atoms with E-state index in [1.165, 1.54) is 17.5 Å². The lowest BCUT2D eigenvalue weighted by Crippen LogP contribution is -2.47. The monoisotopic (exact) mass is 290 g/mol. The van der Waals surface area contributed by atoms with E-state index in [1.807, 2.05) is 6.07 Å². The average Bonchev–Trinajstić information content (AvgIpc) is 2.96. The first-order chi connectivity index (χ1) is 10.2. The van der Waals surface area contributed by atoms with Crippen molar-refractivity contribution in [2.75, 3.05) is 46.4 Å². The Morgan fingerprint density at radius 2 is 2.00 bits per heavy atom. The van der Waals surface area contributed by atoms with Gasteiger partial charge in [-0.3, -0.25) is 4.90 Å². The third-order valence-electron chi connectivity index (χ3n) is 4.60. The standard InChI is InChI=1S/C17H26N2O2/c1-18-8-10-19(11-9-18)12-15(20)13-21-17-7-3-5-14-4-2-6-16(14)17/h3,5,7,15,20H,2,4,6,8-13H2,1H3. The van der Waals surface area contributed by atoms with E-state index in [2.05, 4.69) is 29.0 Å². The van der Waals surface area contributed by atoms with E-state index in [-0.39, 0.29) is 0 Å². The minimum absolute atomic E-state index is 0.392. The number of aliphatic hydroxyl groups excluding tert-OH is 1. The maximum Gasteiger partial charge on any atom is 0.122 e. The minimum atomic E-state index is -0.411. The number of rotatable bonds is 5. The number of hydrogen-bond donors (Lipinski definition) is 1. The molecule has 1 aromatic rings. The van der Waals surface area contributed by atoms with Crippen LogP contribution in [0.5, 0.6) is 5.75 Å². The van der Waals surface area contributed by atoms with Gasteiger partial charge in [-0.15, -0.1) is 0 Å². The van der Waals surface area contributed by atoms with Gasteiger partial charge < -0.3 is 14.7 Å². The molecule has 0 bridgehead atoms. The molecule has 1 N–H and O–H groups in total. The Morgan fingerprint density at radius 1 is 1.19 bits per heavy atom. The summed E-state index contributed by atoms with van der Waals surface area (Å²) in [7, 11) is 2.15. The van der Waals surface area contributed by atoms with Crippen molar-refractivity contribution in [2.24, 2.45) is 0 Å². The van der Waals surface area contributed by atoms with Crippen molar-refractivity contribution in [1.82, 2.24) is 9.80 Å². The van der Waals surface area contributed by atoms with Crippen LogP contribution in [-0.4, -0.2) is 67.4 Å². The zero-order valence-corrected chi connectivity index (χ0v) is 12.9. The molecule has 1 aromatic carbocycles. The molecule has 0 spiro atoms. The van der Waals surface area contributed by atoms with E-state index in [9.17, 15) is 5.11 Å². The zero-order chi connectivity index (χ0) is 14.7. The molecule has 0 aromatic heterocycles. The van der Waals surface area contributed by atoms with Crippen LogP contribution in [0.2, 0.25) is 0 Å². The Morgan fingerprint density at radius 3 is 2.81 bits per heavy atom. The van der Waals surface area contributed by atoms with Crippen LogP contribution in [0.1, 0.15) is 17.5 Å². The first-order valence-electron chi connectivity index (χ1n) is 8.05. The van der Waals surface area contributed by atoms with Crippen LogP contribution >= 0.6 is 0 Å². The minimum Gasteiger partial charge on any atom is -0.491 e. The van der Waals surface area contributed by atoms with E-state index >= 15 is 0 Å². The number of aryl methyl sites for hydroxylation is 1. The van der Waals surface area contributed by atoms with Crippen molar-refractivity contribution in [3.63, 3.8) is 0 Å². The molecule has 4 heteroatoms. The maximum atomic E-state index is 10.2. The number of β-amino-alcohol motifs (C(OH)–C–C–N with tert-alkyl or cyclic N) is 1. The molecule has 1 atom stereocenters. The van der Waals surface area contributed by atoms with Gasteiger partial charge in [-0.05, 0) is 43.5 Å². The fraction of sp³-hybridized carbons (Fsp3) is 0.647. The first kappa shape index (κ1) is 14.8. The number of fused-ring (bicyclic) bond motifs is 1. The highest BCUT2D eigenvalue weighted by atomic mass is 16.5. The smallest absolute Gasteiger partial charge is 0.122 e. The largest absolute Gasteiger partial charge is 0.491 e. The molecule has 1 unspecified atom stereocenters. The second-order valence-electron chi connectivity index (χ2n) is 6.32. The van der Waals surface area contributed by atoms with E-state index in [4.69, 9.17) is 4.74 Å².